The van der Waals surface area contributed by atoms with E-state index in [1.165, 1.54) is 6.42 Å². The Morgan fingerprint density at radius 2 is 2.30 bits per heavy atom. The topological polar surface area (TPSA) is 24.5 Å². The summed E-state index contributed by atoms with van der Waals surface area (Å²) in [6, 6.07) is 8.64. The van der Waals surface area contributed by atoms with Crippen molar-refractivity contribution >= 4 is 15.9 Å². The fourth-order valence-corrected chi connectivity index (χ4v) is 2.90. The number of rotatable bonds is 5. The number of ether oxygens (including phenoxy) is 1. The Morgan fingerprint density at radius 3 is 3.05 bits per heavy atom. The molecule has 1 fully saturated rings. The highest BCUT2D eigenvalue weighted by atomic mass is 79.9. The van der Waals surface area contributed by atoms with Crippen LogP contribution >= 0.6 is 15.9 Å². The molecule has 1 atom stereocenters. The van der Waals surface area contributed by atoms with Crippen molar-refractivity contribution in [1.29, 1.82) is 0 Å². The van der Waals surface area contributed by atoms with E-state index in [0.29, 0.717) is 12.0 Å². The van der Waals surface area contributed by atoms with Gasteiger partial charge in [-0.15, -0.1) is 0 Å². The summed E-state index contributed by atoms with van der Waals surface area (Å²) in [5.74, 6) is 1.62. The average Bonchev–Trinajstić information content (AvgIpc) is 2.64. The maximum Gasteiger partial charge on any atom is 0.120 e. The van der Waals surface area contributed by atoms with Gasteiger partial charge in [0.25, 0.3) is 0 Å². The normalized spacial score (nSPS) is 20.9. The van der Waals surface area contributed by atoms with Gasteiger partial charge in [-0.2, -0.15) is 0 Å². The summed E-state index contributed by atoms with van der Waals surface area (Å²) in [5, 5.41) is 3.64. The first-order valence-electron chi connectivity index (χ1n) is 7.49. The molecular formula is C16H25BrN2O. The van der Waals surface area contributed by atoms with Gasteiger partial charge in [-0.1, -0.05) is 35.8 Å². The second-order valence-corrected chi connectivity index (χ2v) is 6.68. The molecule has 2 rings (SSSR count). The van der Waals surface area contributed by atoms with Crippen molar-refractivity contribution in [2.75, 3.05) is 32.8 Å². The van der Waals surface area contributed by atoms with E-state index in [1.807, 2.05) is 24.3 Å². The number of halogens is 1. The molecule has 1 aromatic carbocycles. The van der Waals surface area contributed by atoms with E-state index in [0.717, 1.165) is 43.0 Å². The van der Waals surface area contributed by atoms with E-state index in [-0.39, 0.29) is 0 Å². The van der Waals surface area contributed by atoms with E-state index < -0.39 is 0 Å². The first-order chi connectivity index (χ1) is 9.65. The summed E-state index contributed by atoms with van der Waals surface area (Å²) in [6.45, 7) is 9.75. The summed E-state index contributed by atoms with van der Waals surface area (Å²) >= 11 is 3.47. The summed E-state index contributed by atoms with van der Waals surface area (Å²) < 4.78 is 6.90. The molecule has 1 N–H and O–H groups in total. The van der Waals surface area contributed by atoms with Crippen LogP contribution in [-0.2, 0) is 0 Å². The zero-order valence-corrected chi connectivity index (χ0v) is 14.0. The first kappa shape index (κ1) is 15.8. The van der Waals surface area contributed by atoms with Gasteiger partial charge in [0.15, 0.2) is 0 Å². The summed E-state index contributed by atoms with van der Waals surface area (Å²) in [6.07, 6.45) is 1.22. The van der Waals surface area contributed by atoms with Crippen molar-refractivity contribution in [2.24, 2.45) is 5.92 Å². The summed E-state index contributed by atoms with van der Waals surface area (Å²) in [4.78, 5) is 2.52. The molecule has 0 aliphatic carbocycles. The molecule has 0 radical (unpaired) electrons. The van der Waals surface area contributed by atoms with Gasteiger partial charge in [0, 0.05) is 23.6 Å². The van der Waals surface area contributed by atoms with Crippen molar-refractivity contribution < 1.29 is 4.74 Å². The Labute approximate surface area is 130 Å². The molecule has 1 aliphatic heterocycles. The molecule has 3 nitrogen and oxygen atoms in total. The van der Waals surface area contributed by atoms with Crippen LogP contribution in [0.2, 0.25) is 0 Å². The molecule has 0 spiro atoms. The van der Waals surface area contributed by atoms with Gasteiger partial charge in [-0.25, -0.2) is 0 Å². The van der Waals surface area contributed by atoms with Crippen molar-refractivity contribution in [2.45, 2.75) is 26.3 Å². The zero-order chi connectivity index (χ0) is 14.4. The number of nitrogens with one attached hydrogen (secondary N) is 1. The minimum Gasteiger partial charge on any atom is -0.492 e. The minimum atomic E-state index is 0.600. The van der Waals surface area contributed by atoms with Crippen LogP contribution in [0.4, 0.5) is 0 Å². The fourth-order valence-electron chi connectivity index (χ4n) is 2.52. The van der Waals surface area contributed by atoms with Gasteiger partial charge >= 0.3 is 0 Å². The molecule has 0 aromatic heterocycles. The van der Waals surface area contributed by atoms with E-state index in [2.05, 4.69) is 40.0 Å². The van der Waals surface area contributed by atoms with Gasteiger partial charge in [0.2, 0.25) is 0 Å². The van der Waals surface area contributed by atoms with Gasteiger partial charge in [-0.05, 0) is 43.6 Å². The molecule has 0 amide bonds. The molecule has 0 saturated carbocycles. The van der Waals surface area contributed by atoms with Crippen molar-refractivity contribution in [1.82, 2.24) is 10.2 Å². The zero-order valence-electron chi connectivity index (χ0n) is 12.4. The summed E-state index contributed by atoms with van der Waals surface area (Å²) in [5.41, 5.74) is 0. The second kappa shape index (κ2) is 8.01. The number of hydrogen-bond donors (Lipinski definition) is 1. The lowest BCUT2D eigenvalue weighted by Crippen LogP contribution is -2.42. The van der Waals surface area contributed by atoms with Crippen molar-refractivity contribution in [3.05, 3.63) is 28.7 Å². The third-order valence-electron chi connectivity index (χ3n) is 3.79. The van der Waals surface area contributed by atoms with Gasteiger partial charge in [0.05, 0.1) is 0 Å². The van der Waals surface area contributed by atoms with E-state index >= 15 is 0 Å². The highest BCUT2D eigenvalue weighted by Crippen LogP contribution is 2.17. The maximum atomic E-state index is 5.83. The SMILES string of the molecule is CC(C)C1CN(CCOc2cccc(Br)c2)CCCN1. The highest BCUT2D eigenvalue weighted by Gasteiger charge is 2.19. The Morgan fingerprint density at radius 1 is 1.45 bits per heavy atom. The molecule has 1 heterocycles. The third-order valence-corrected chi connectivity index (χ3v) is 4.28. The van der Waals surface area contributed by atoms with E-state index in [4.69, 9.17) is 4.74 Å². The molecule has 20 heavy (non-hydrogen) atoms. The molecule has 1 aliphatic rings. The molecule has 1 unspecified atom stereocenters. The van der Waals surface area contributed by atoms with Crippen LogP contribution < -0.4 is 10.1 Å². The van der Waals surface area contributed by atoms with Crippen LogP contribution in [0.15, 0.2) is 28.7 Å². The van der Waals surface area contributed by atoms with Crippen LogP contribution in [0.25, 0.3) is 0 Å². The maximum absolute atomic E-state index is 5.83. The van der Waals surface area contributed by atoms with Crippen LogP contribution in [0, 0.1) is 5.92 Å². The van der Waals surface area contributed by atoms with Crippen LogP contribution in [-0.4, -0.2) is 43.7 Å². The second-order valence-electron chi connectivity index (χ2n) is 5.76. The number of hydrogen-bond acceptors (Lipinski definition) is 3. The van der Waals surface area contributed by atoms with Crippen LogP contribution in [0.1, 0.15) is 20.3 Å². The Kier molecular flexibility index (Phi) is 6.33. The molecule has 4 heteroatoms. The largest absolute Gasteiger partial charge is 0.492 e. The average molecular weight is 341 g/mol. The Hall–Kier alpha value is -0.580. The minimum absolute atomic E-state index is 0.600. The lowest BCUT2D eigenvalue weighted by molar-refractivity contribution is 0.196. The number of benzene rings is 1. The Balaban J connectivity index is 1.77. The van der Waals surface area contributed by atoms with Crippen molar-refractivity contribution in [3.8, 4) is 5.75 Å². The smallest absolute Gasteiger partial charge is 0.120 e. The molecule has 1 saturated heterocycles. The van der Waals surface area contributed by atoms with Gasteiger partial charge in [-0.3, -0.25) is 4.90 Å². The Bertz CT molecular complexity index is 411. The number of nitrogens with zero attached hydrogens (tertiary/aromatic N) is 1. The van der Waals surface area contributed by atoms with Gasteiger partial charge < -0.3 is 10.1 Å². The molecule has 0 bridgehead atoms. The molecule has 112 valence electrons. The predicted octanol–water partition coefficient (Wildman–Crippen LogP) is 3.15. The standard InChI is InChI=1S/C16H25BrN2O/c1-13(2)16-12-19(8-4-7-18-16)9-10-20-15-6-3-5-14(17)11-15/h3,5-6,11,13,16,18H,4,7-10,12H2,1-2H3. The molecular weight excluding hydrogens is 316 g/mol. The highest BCUT2D eigenvalue weighted by molar-refractivity contribution is 9.10. The van der Waals surface area contributed by atoms with E-state index in [1.54, 1.807) is 0 Å². The summed E-state index contributed by atoms with van der Waals surface area (Å²) in [7, 11) is 0. The lowest BCUT2D eigenvalue weighted by atomic mass is 10.0. The van der Waals surface area contributed by atoms with Crippen LogP contribution in [0.3, 0.4) is 0 Å². The third kappa shape index (κ3) is 5.08. The first-order valence-corrected chi connectivity index (χ1v) is 8.28. The quantitative estimate of drug-likeness (QED) is 0.890. The van der Waals surface area contributed by atoms with Gasteiger partial charge in [0.1, 0.15) is 12.4 Å². The van der Waals surface area contributed by atoms with E-state index in [9.17, 15) is 0 Å². The fraction of sp³-hybridized carbons (Fsp3) is 0.625. The van der Waals surface area contributed by atoms with Crippen molar-refractivity contribution in [3.63, 3.8) is 0 Å². The monoisotopic (exact) mass is 340 g/mol. The predicted molar refractivity (Wildman–Crippen MR) is 87.3 cm³/mol. The van der Waals surface area contributed by atoms with Crippen LogP contribution in [0.5, 0.6) is 5.75 Å². The molecule has 1 aromatic rings. The lowest BCUT2D eigenvalue weighted by Gasteiger charge is -2.26.